The maximum Gasteiger partial charge on any atom is 0.342 e. The van der Waals surface area contributed by atoms with Gasteiger partial charge < -0.3 is 25.2 Å². The molecule has 3 N–H and O–H groups in total. The molecule has 0 bridgehead atoms. The van der Waals surface area contributed by atoms with Gasteiger partial charge in [0.15, 0.2) is 6.61 Å². The predicted molar refractivity (Wildman–Crippen MR) is 96.7 cm³/mol. The van der Waals surface area contributed by atoms with Crippen LogP contribution < -0.4 is 10.2 Å². The molecule has 0 saturated carbocycles. The fourth-order valence-electron chi connectivity index (χ4n) is 2.74. The van der Waals surface area contributed by atoms with Crippen molar-refractivity contribution in [3.8, 4) is 11.5 Å². The van der Waals surface area contributed by atoms with Crippen LogP contribution in [0, 0.1) is 0 Å². The zero-order valence-corrected chi connectivity index (χ0v) is 14.3. The molecule has 1 saturated heterocycles. The van der Waals surface area contributed by atoms with E-state index in [1.807, 2.05) is 0 Å². The summed E-state index contributed by atoms with van der Waals surface area (Å²) >= 11 is 0. The summed E-state index contributed by atoms with van der Waals surface area (Å²) in [7, 11) is 0. The number of hydrogen-bond donors (Lipinski definition) is 3. The van der Waals surface area contributed by atoms with Crippen molar-refractivity contribution in [2.75, 3.05) is 23.4 Å². The Morgan fingerprint density at radius 1 is 1.11 bits per heavy atom. The van der Waals surface area contributed by atoms with Gasteiger partial charge in [0.2, 0.25) is 5.91 Å². The number of aromatic hydroxyl groups is 2. The summed E-state index contributed by atoms with van der Waals surface area (Å²) in [5, 5.41) is 21.4. The molecule has 140 valence electrons. The molecule has 0 aromatic heterocycles. The standard InChI is InChI=1S/C19H18N2O6/c22-14-7-8-15(16(23)10-14)19(26)27-11-17(24)20-12-3-5-13(6-4-12)21-9-1-2-18(21)25/h3-8,10,22-23H,1-2,9,11H2,(H,20,24). The van der Waals surface area contributed by atoms with E-state index < -0.39 is 24.2 Å². The van der Waals surface area contributed by atoms with Gasteiger partial charge in [-0.1, -0.05) is 0 Å². The van der Waals surface area contributed by atoms with Crippen molar-refractivity contribution in [2.24, 2.45) is 0 Å². The van der Waals surface area contributed by atoms with E-state index in [-0.39, 0.29) is 17.2 Å². The van der Waals surface area contributed by atoms with Gasteiger partial charge in [-0.15, -0.1) is 0 Å². The third kappa shape index (κ3) is 4.35. The lowest BCUT2D eigenvalue weighted by atomic mass is 10.2. The van der Waals surface area contributed by atoms with E-state index in [1.54, 1.807) is 29.2 Å². The number of carbonyl (C=O) groups is 3. The molecule has 2 amide bonds. The van der Waals surface area contributed by atoms with Crippen molar-refractivity contribution in [1.82, 2.24) is 0 Å². The normalized spacial score (nSPS) is 13.5. The van der Waals surface area contributed by atoms with Gasteiger partial charge in [-0.25, -0.2) is 4.79 Å². The second-order valence-electron chi connectivity index (χ2n) is 6.02. The van der Waals surface area contributed by atoms with E-state index >= 15 is 0 Å². The number of nitrogens with zero attached hydrogens (tertiary/aromatic N) is 1. The Labute approximate surface area is 155 Å². The van der Waals surface area contributed by atoms with Gasteiger partial charge in [-0.05, 0) is 42.8 Å². The quantitative estimate of drug-likeness (QED) is 0.694. The van der Waals surface area contributed by atoms with Crippen LogP contribution in [0.3, 0.4) is 0 Å². The Hall–Kier alpha value is -3.55. The minimum Gasteiger partial charge on any atom is -0.508 e. The number of hydrogen-bond acceptors (Lipinski definition) is 6. The molecule has 27 heavy (non-hydrogen) atoms. The number of anilines is 2. The molecule has 1 heterocycles. The smallest absolute Gasteiger partial charge is 0.342 e. The predicted octanol–water partition coefficient (Wildman–Crippen LogP) is 2.02. The third-order valence-corrected chi connectivity index (χ3v) is 4.07. The number of carbonyl (C=O) groups excluding carboxylic acids is 3. The fraction of sp³-hybridized carbons (Fsp3) is 0.211. The van der Waals surface area contributed by atoms with Gasteiger partial charge in [0.25, 0.3) is 5.91 Å². The first-order chi connectivity index (χ1) is 12.9. The Balaban J connectivity index is 1.53. The first kappa shape index (κ1) is 18.2. The van der Waals surface area contributed by atoms with E-state index in [1.165, 1.54) is 12.1 Å². The molecule has 1 aliphatic rings. The maximum atomic E-state index is 11.9. The molecule has 2 aromatic rings. The van der Waals surface area contributed by atoms with Crippen LogP contribution in [0.1, 0.15) is 23.2 Å². The van der Waals surface area contributed by atoms with Gasteiger partial charge in [-0.3, -0.25) is 9.59 Å². The summed E-state index contributed by atoms with van der Waals surface area (Å²) < 4.78 is 4.86. The Morgan fingerprint density at radius 2 is 1.85 bits per heavy atom. The van der Waals surface area contributed by atoms with Crippen LogP contribution >= 0.6 is 0 Å². The SMILES string of the molecule is O=C(COC(=O)c1ccc(O)cc1O)Nc1ccc(N2CCCC2=O)cc1. The number of nitrogens with one attached hydrogen (secondary N) is 1. The number of amides is 2. The van der Waals surface area contributed by atoms with Crippen LogP contribution in [0.4, 0.5) is 11.4 Å². The second kappa shape index (κ2) is 7.77. The molecule has 0 unspecified atom stereocenters. The molecule has 0 spiro atoms. The second-order valence-corrected chi connectivity index (χ2v) is 6.02. The van der Waals surface area contributed by atoms with Gasteiger partial charge in [0.05, 0.1) is 0 Å². The molecule has 0 aliphatic carbocycles. The Bertz CT molecular complexity index is 878. The number of phenolic OH excluding ortho intramolecular Hbond substituents is 2. The number of phenols is 2. The molecule has 8 heteroatoms. The van der Waals surface area contributed by atoms with Crippen LogP contribution in [0.15, 0.2) is 42.5 Å². The average Bonchev–Trinajstić information content (AvgIpc) is 3.06. The van der Waals surface area contributed by atoms with Crippen molar-refractivity contribution in [3.05, 3.63) is 48.0 Å². The summed E-state index contributed by atoms with van der Waals surface area (Å²) in [5.41, 5.74) is 1.11. The fourth-order valence-corrected chi connectivity index (χ4v) is 2.74. The maximum absolute atomic E-state index is 11.9. The highest BCUT2D eigenvalue weighted by Gasteiger charge is 2.21. The third-order valence-electron chi connectivity index (χ3n) is 4.07. The zero-order valence-electron chi connectivity index (χ0n) is 14.3. The first-order valence-electron chi connectivity index (χ1n) is 8.33. The average molecular weight is 370 g/mol. The van der Waals surface area contributed by atoms with E-state index in [0.29, 0.717) is 18.7 Å². The number of rotatable bonds is 5. The van der Waals surface area contributed by atoms with Crippen LogP contribution in [0.5, 0.6) is 11.5 Å². The van der Waals surface area contributed by atoms with Crippen molar-refractivity contribution in [3.63, 3.8) is 0 Å². The molecular formula is C19H18N2O6. The highest BCUT2D eigenvalue weighted by Crippen LogP contribution is 2.24. The number of ether oxygens (including phenoxy) is 1. The van der Waals surface area contributed by atoms with E-state index in [4.69, 9.17) is 4.74 Å². The van der Waals surface area contributed by atoms with E-state index in [0.717, 1.165) is 18.2 Å². The van der Waals surface area contributed by atoms with Crippen LogP contribution in [-0.2, 0) is 14.3 Å². The highest BCUT2D eigenvalue weighted by atomic mass is 16.5. The van der Waals surface area contributed by atoms with Gasteiger partial charge in [-0.2, -0.15) is 0 Å². The van der Waals surface area contributed by atoms with Gasteiger partial charge in [0, 0.05) is 30.4 Å². The van der Waals surface area contributed by atoms with Crippen LogP contribution in [0.25, 0.3) is 0 Å². The van der Waals surface area contributed by atoms with Crippen molar-refractivity contribution in [1.29, 1.82) is 0 Å². The van der Waals surface area contributed by atoms with Crippen molar-refractivity contribution in [2.45, 2.75) is 12.8 Å². The summed E-state index contributed by atoms with van der Waals surface area (Å²) in [6.07, 6.45) is 1.37. The summed E-state index contributed by atoms with van der Waals surface area (Å²) in [6.45, 7) is 0.149. The number of benzene rings is 2. The molecule has 3 rings (SSSR count). The van der Waals surface area contributed by atoms with E-state index in [9.17, 15) is 24.6 Å². The summed E-state index contributed by atoms with van der Waals surface area (Å²) in [4.78, 5) is 37.2. The van der Waals surface area contributed by atoms with Gasteiger partial charge in [0.1, 0.15) is 17.1 Å². The topological polar surface area (TPSA) is 116 Å². The molecule has 0 atom stereocenters. The lowest BCUT2D eigenvalue weighted by Crippen LogP contribution is -2.23. The van der Waals surface area contributed by atoms with Crippen LogP contribution in [0.2, 0.25) is 0 Å². The largest absolute Gasteiger partial charge is 0.508 e. The zero-order chi connectivity index (χ0) is 19.4. The summed E-state index contributed by atoms with van der Waals surface area (Å²) in [6, 6.07) is 10.2. The molecular weight excluding hydrogens is 352 g/mol. The lowest BCUT2D eigenvalue weighted by Gasteiger charge is -2.16. The molecule has 8 nitrogen and oxygen atoms in total. The van der Waals surface area contributed by atoms with Crippen LogP contribution in [-0.4, -0.2) is 41.1 Å². The highest BCUT2D eigenvalue weighted by molar-refractivity contribution is 5.98. The van der Waals surface area contributed by atoms with Crippen molar-refractivity contribution >= 4 is 29.2 Å². The van der Waals surface area contributed by atoms with Gasteiger partial charge >= 0.3 is 5.97 Å². The van der Waals surface area contributed by atoms with Crippen molar-refractivity contribution < 1.29 is 29.3 Å². The van der Waals surface area contributed by atoms with E-state index in [2.05, 4.69) is 5.32 Å². The molecule has 0 radical (unpaired) electrons. The Kier molecular flexibility index (Phi) is 5.25. The Morgan fingerprint density at radius 3 is 2.48 bits per heavy atom. The monoisotopic (exact) mass is 370 g/mol. The molecule has 1 fully saturated rings. The molecule has 2 aromatic carbocycles. The minimum atomic E-state index is -0.884. The lowest BCUT2D eigenvalue weighted by molar-refractivity contribution is -0.119. The first-order valence-corrected chi connectivity index (χ1v) is 8.33. The molecule has 1 aliphatic heterocycles. The summed E-state index contributed by atoms with van der Waals surface area (Å²) in [5.74, 6) is -1.98. The number of esters is 1. The minimum absolute atomic E-state index is 0.0798.